The molecule has 2 aliphatic carbocycles. The van der Waals surface area contributed by atoms with Gasteiger partial charge in [0.25, 0.3) is 0 Å². The minimum Gasteiger partial charge on any atom is -0.461 e. The van der Waals surface area contributed by atoms with E-state index in [4.69, 9.17) is 4.74 Å². The van der Waals surface area contributed by atoms with E-state index < -0.39 is 0 Å². The lowest BCUT2D eigenvalue weighted by atomic mass is 9.79. The van der Waals surface area contributed by atoms with Gasteiger partial charge in [-0.05, 0) is 43.4 Å². The van der Waals surface area contributed by atoms with E-state index in [1.807, 2.05) is 32.0 Å². The van der Waals surface area contributed by atoms with E-state index in [0.717, 1.165) is 23.2 Å². The van der Waals surface area contributed by atoms with Crippen LogP contribution in [0.2, 0.25) is 0 Å². The molecule has 0 unspecified atom stereocenters. The zero-order valence-electron chi connectivity index (χ0n) is 12.5. The number of hydrogen-bond acceptors (Lipinski definition) is 3. The van der Waals surface area contributed by atoms with Crippen LogP contribution in [0.4, 0.5) is 5.69 Å². The van der Waals surface area contributed by atoms with Gasteiger partial charge in [-0.25, -0.2) is 0 Å². The summed E-state index contributed by atoms with van der Waals surface area (Å²) >= 11 is 3.64. The van der Waals surface area contributed by atoms with Crippen LogP contribution >= 0.6 is 15.9 Å². The van der Waals surface area contributed by atoms with Crippen LogP contribution in [0.25, 0.3) is 0 Å². The van der Waals surface area contributed by atoms with Gasteiger partial charge in [0.2, 0.25) is 5.91 Å². The summed E-state index contributed by atoms with van der Waals surface area (Å²) in [6.07, 6.45) is 0.870. The predicted molar refractivity (Wildman–Crippen MR) is 85.7 cm³/mol. The Morgan fingerprint density at radius 1 is 1.32 bits per heavy atom. The van der Waals surface area contributed by atoms with Crippen molar-refractivity contribution in [3.63, 3.8) is 0 Å². The number of aryl methyl sites for hydroxylation is 1. The van der Waals surface area contributed by atoms with E-state index in [9.17, 15) is 9.59 Å². The summed E-state index contributed by atoms with van der Waals surface area (Å²) in [6.45, 7) is 4.02. The lowest BCUT2D eigenvalue weighted by Gasteiger charge is -2.27. The second kappa shape index (κ2) is 4.82. The molecule has 0 spiro atoms. The van der Waals surface area contributed by atoms with Crippen molar-refractivity contribution in [1.29, 1.82) is 0 Å². The molecule has 4 rings (SSSR count). The van der Waals surface area contributed by atoms with Crippen LogP contribution in [0, 0.1) is 37.5 Å². The number of halogens is 1. The minimum atomic E-state index is -0.277. The highest BCUT2D eigenvalue weighted by atomic mass is 79.9. The van der Waals surface area contributed by atoms with Gasteiger partial charge in [-0.2, -0.15) is 0 Å². The van der Waals surface area contributed by atoms with Crippen LogP contribution in [-0.4, -0.2) is 22.8 Å². The molecule has 6 atom stereocenters. The van der Waals surface area contributed by atoms with E-state index in [1.54, 1.807) is 0 Å². The number of hydrogen-bond donors (Lipinski definition) is 1. The third-order valence-corrected chi connectivity index (χ3v) is 6.89. The highest BCUT2D eigenvalue weighted by Gasteiger charge is 2.67. The Bertz CT molecular complexity index is 674. The van der Waals surface area contributed by atoms with Gasteiger partial charge in [-0.1, -0.05) is 28.1 Å². The van der Waals surface area contributed by atoms with Crippen LogP contribution < -0.4 is 5.32 Å². The molecule has 22 heavy (non-hydrogen) atoms. The lowest BCUT2D eigenvalue weighted by Crippen LogP contribution is -2.40. The van der Waals surface area contributed by atoms with Gasteiger partial charge in [0.05, 0.1) is 16.7 Å². The molecule has 3 fully saturated rings. The Kier molecular flexibility index (Phi) is 3.12. The fourth-order valence-corrected chi connectivity index (χ4v) is 5.48. The number of amides is 1. The van der Waals surface area contributed by atoms with Crippen molar-refractivity contribution in [2.75, 3.05) is 5.32 Å². The molecule has 1 saturated heterocycles. The standard InChI is InChI=1S/C17H18BrNO3/c1-7-4-3-5-11(8(7)2)19-16(20)12-9-6-10-13(12)17(21)22-15(10)14(9)18/h3-5,9-10,12-15H,6H2,1-2H3,(H,19,20)/t9-,10-,12-,13-,14+,15+/m1/s1. The van der Waals surface area contributed by atoms with E-state index in [1.165, 1.54) is 0 Å². The first-order valence-corrected chi connectivity index (χ1v) is 8.62. The zero-order chi connectivity index (χ0) is 15.6. The second-order valence-corrected chi connectivity index (χ2v) is 7.75. The molecule has 5 heteroatoms. The Morgan fingerprint density at radius 3 is 2.86 bits per heavy atom. The maximum absolute atomic E-state index is 12.8. The molecule has 2 saturated carbocycles. The van der Waals surface area contributed by atoms with Gasteiger partial charge in [0.15, 0.2) is 0 Å². The number of carbonyl (C=O) groups excluding carboxylic acids is 2. The summed E-state index contributed by atoms with van der Waals surface area (Å²) < 4.78 is 5.46. The summed E-state index contributed by atoms with van der Waals surface area (Å²) in [7, 11) is 0. The van der Waals surface area contributed by atoms with Crippen LogP contribution in [0.3, 0.4) is 0 Å². The van der Waals surface area contributed by atoms with Gasteiger partial charge in [0, 0.05) is 11.6 Å². The van der Waals surface area contributed by atoms with Crippen molar-refractivity contribution in [3.05, 3.63) is 29.3 Å². The Balaban J connectivity index is 1.61. The number of benzene rings is 1. The Labute approximate surface area is 137 Å². The average Bonchev–Trinajstić information content (AvgIpc) is 3.08. The van der Waals surface area contributed by atoms with E-state index in [0.29, 0.717) is 0 Å². The fourth-order valence-electron chi connectivity index (χ4n) is 4.43. The predicted octanol–water partition coefficient (Wildman–Crippen LogP) is 2.81. The quantitative estimate of drug-likeness (QED) is 0.649. The maximum Gasteiger partial charge on any atom is 0.310 e. The Morgan fingerprint density at radius 2 is 2.09 bits per heavy atom. The summed E-state index contributed by atoms with van der Waals surface area (Å²) in [5, 5.41) is 3.03. The van der Waals surface area contributed by atoms with Crippen LogP contribution in [0.5, 0.6) is 0 Å². The first-order chi connectivity index (χ1) is 10.5. The Hall–Kier alpha value is -1.36. The molecular weight excluding hydrogens is 346 g/mol. The maximum atomic E-state index is 12.8. The van der Waals surface area contributed by atoms with Crippen molar-refractivity contribution in [3.8, 4) is 0 Å². The molecule has 0 radical (unpaired) electrons. The first-order valence-electron chi connectivity index (χ1n) is 7.70. The van der Waals surface area contributed by atoms with Crippen LogP contribution in [0.1, 0.15) is 17.5 Å². The average molecular weight is 364 g/mol. The fraction of sp³-hybridized carbons (Fsp3) is 0.529. The highest BCUT2D eigenvalue weighted by molar-refractivity contribution is 9.09. The van der Waals surface area contributed by atoms with Crippen LogP contribution in [0.15, 0.2) is 18.2 Å². The van der Waals surface area contributed by atoms with Crippen LogP contribution in [-0.2, 0) is 14.3 Å². The molecule has 1 N–H and O–H groups in total. The van der Waals surface area contributed by atoms with Gasteiger partial charge < -0.3 is 10.1 Å². The summed E-state index contributed by atoms with van der Waals surface area (Å²) in [4.78, 5) is 25.0. The lowest BCUT2D eigenvalue weighted by molar-refractivity contribution is -0.145. The SMILES string of the molecule is Cc1cccc(NC(=O)[C@@H]2[C@H]3C[C@H]4[C@H](OC(=O)[C@H]42)[C@H]3Br)c1C. The van der Waals surface area contributed by atoms with Gasteiger partial charge >= 0.3 is 5.97 Å². The molecule has 116 valence electrons. The molecular formula is C17H18BrNO3. The number of rotatable bonds is 2. The molecule has 1 aromatic carbocycles. The van der Waals surface area contributed by atoms with Gasteiger partial charge in [-0.3, -0.25) is 9.59 Å². The summed E-state index contributed by atoms with van der Waals surface area (Å²) in [5.74, 6) is -0.379. The monoisotopic (exact) mass is 363 g/mol. The highest BCUT2D eigenvalue weighted by Crippen LogP contribution is 2.60. The summed E-state index contributed by atoms with van der Waals surface area (Å²) in [5.41, 5.74) is 3.05. The normalized spacial score (nSPS) is 38.2. The molecule has 0 aromatic heterocycles. The molecule has 1 aromatic rings. The molecule has 1 heterocycles. The smallest absolute Gasteiger partial charge is 0.310 e. The zero-order valence-corrected chi connectivity index (χ0v) is 14.1. The first kappa shape index (κ1) is 14.2. The molecule has 2 bridgehead atoms. The van der Waals surface area contributed by atoms with Crippen molar-refractivity contribution < 1.29 is 14.3 Å². The number of carbonyl (C=O) groups is 2. The van der Waals surface area contributed by atoms with Crippen molar-refractivity contribution >= 4 is 33.5 Å². The molecule has 1 aliphatic heterocycles. The topological polar surface area (TPSA) is 55.4 Å². The van der Waals surface area contributed by atoms with Crippen molar-refractivity contribution in [2.24, 2.45) is 23.7 Å². The molecule has 3 aliphatic rings. The number of esters is 1. The number of alkyl halides is 1. The second-order valence-electron chi connectivity index (χ2n) is 6.70. The van der Waals surface area contributed by atoms with E-state index in [-0.39, 0.29) is 46.5 Å². The molecule has 1 amide bonds. The number of nitrogens with one attached hydrogen (secondary N) is 1. The van der Waals surface area contributed by atoms with E-state index >= 15 is 0 Å². The third-order valence-electron chi connectivity index (χ3n) is 5.69. The van der Waals surface area contributed by atoms with Gasteiger partial charge in [-0.15, -0.1) is 0 Å². The number of ether oxygens (including phenoxy) is 1. The van der Waals surface area contributed by atoms with Crippen molar-refractivity contribution in [2.45, 2.75) is 31.2 Å². The number of fused-ring (bicyclic) bond motifs is 1. The summed E-state index contributed by atoms with van der Waals surface area (Å²) in [6, 6.07) is 5.87. The van der Waals surface area contributed by atoms with Crippen molar-refractivity contribution in [1.82, 2.24) is 0 Å². The van der Waals surface area contributed by atoms with Gasteiger partial charge in [0.1, 0.15) is 6.10 Å². The molecule has 4 nitrogen and oxygen atoms in total. The largest absolute Gasteiger partial charge is 0.461 e. The van der Waals surface area contributed by atoms with E-state index in [2.05, 4.69) is 21.2 Å². The number of anilines is 1. The minimum absolute atomic E-state index is 0.0349. The third kappa shape index (κ3) is 1.81.